The highest BCUT2D eigenvalue weighted by atomic mass is 19.4. The molecule has 3 aromatic rings. The minimum atomic E-state index is -4.42. The summed E-state index contributed by atoms with van der Waals surface area (Å²) in [4.78, 5) is 37.3. The minimum Gasteiger partial charge on any atom is -0.399 e. The SMILES string of the molecule is CON=C1CC(C(=O)N2CCN(c3cccc(C(F)(F)F)c3)CC2)N(C(=O)c2ccc(-c3ccccc3C)cc2)C1. The first kappa shape index (κ1) is 28.2. The highest BCUT2D eigenvalue weighted by molar-refractivity contribution is 6.05. The predicted molar refractivity (Wildman–Crippen MR) is 151 cm³/mol. The molecule has 2 fully saturated rings. The molecule has 0 radical (unpaired) electrons. The van der Waals surface area contributed by atoms with E-state index in [9.17, 15) is 22.8 Å². The fraction of sp³-hybridized carbons (Fsp3) is 0.323. The maximum Gasteiger partial charge on any atom is 0.416 e. The zero-order chi connectivity index (χ0) is 29.1. The van der Waals surface area contributed by atoms with Crippen LogP contribution in [0.2, 0.25) is 0 Å². The van der Waals surface area contributed by atoms with Crippen molar-refractivity contribution in [3.05, 3.63) is 89.5 Å². The topological polar surface area (TPSA) is 65.5 Å². The normalized spacial score (nSPS) is 18.6. The minimum absolute atomic E-state index is 0.173. The second-order valence-corrected chi connectivity index (χ2v) is 10.2. The van der Waals surface area contributed by atoms with Crippen LogP contribution in [0.3, 0.4) is 0 Å². The molecular formula is C31H31F3N4O3. The van der Waals surface area contributed by atoms with Crippen molar-refractivity contribution in [2.75, 3.05) is 44.7 Å². The van der Waals surface area contributed by atoms with Gasteiger partial charge < -0.3 is 19.5 Å². The maximum atomic E-state index is 13.7. The number of amides is 2. The molecule has 0 spiro atoms. The third-order valence-electron chi connectivity index (χ3n) is 7.64. The van der Waals surface area contributed by atoms with E-state index in [1.54, 1.807) is 23.1 Å². The number of piperazine rings is 1. The van der Waals surface area contributed by atoms with Gasteiger partial charge in [0.15, 0.2) is 0 Å². The number of anilines is 1. The zero-order valence-corrected chi connectivity index (χ0v) is 22.9. The Hall–Kier alpha value is -4.34. The molecule has 2 saturated heterocycles. The molecule has 10 heteroatoms. The summed E-state index contributed by atoms with van der Waals surface area (Å²) in [6, 6.07) is 19.8. The number of halogens is 3. The fourth-order valence-electron chi connectivity index (χ4n) is 5.46. The van der Waals surface area contributed by atoms with Crippen molar-refractivity contribution >= 4 is 23.2 Å². The molecule has 1 unspecified atom stereocenters. The fourth-order valence-corrected chi connectivity index (χ4v) is 5.46. The summed E-state index contributed by atoms with van der Waals surface area (Å²) in [5.41, 5.74) is 4.03. The second-order valence-electron chi connectivity index (χ2n) is 10.2. The van der Waals surface area contributed by atoms with Crippen LogP contribution in [0.25, 0.3) is 11.1 Å². The number of hydrogen-bond donors (Lipinski definition) is 0. The van der Waals surface area contributed by atoms with E-state index in [4.69, 9.17) is 4.84 Å². The number of hydrogen-bond acceptors (Lipinski definition) is 5. The van der Waals surface area contributed by atoms with Crippen molar-refractivity contribution in [1.82, 2.24) is 9.80 Å². The van der Waals surface area contributed by atoms with Crippen molar-refractivity contribution in [3.8, 4) is 11.1 Å². The lowest BCUT2D eigenvalue weighted by molar-refractivity contribution is -0.137. The van der Waals surface area contributed by atoms with Gasteiger partial charge in [0.25, 0.3) is 5.91 Å². The summed E-state index contributed by atoms with van der Waals surface area (Å²) in [5.74, 6) is -0.483. The Morgan fingerprint density at radius 3 is 2.29 bits per heavy atom. The first-order chi connectivity index (χ1) is 19.7. The van der Waals surface area contributed by atoms with Crippen molar-refractivity contribution < 1.29 is 27.6 Å². The van der Waals surface area contributed by atoms with Crippen LogP contribution in [-0.2, 0) is 15.8 Å². The predicted octanol–water partition coefficient (Wildman–Crippen LogP) is 5.25. The van der Waals surface area contributed by atoms with Gasteiger partial charge in [-0.3, -0.25) is 9.59 Å². The third-order valence-corrected chi connectivity index (χ3v) is 7.64. The third kappa shape index (κ3) is 6.06. The maximum absolute atomic E-state index is 13.7. The first-order valence-corrected chi connectivity index (χ1v) is 13.4. The lowest BCUT2D eigenvalue weighted by Crippen LogP contribution is -2.54. The summed E-state index contributed by atoms with van der Waals surface area (Å²) in [5, 5.41) is 4.02. The van der Waals surface area contributed by atoms with Crippen LogP contribution in [0.15, 0.2) is 78.0 Å². The van der Waals surface area contributed by atoms with Crippen molar-refractivity contribution in [2.45, 2.75) is 25.6 Å². The summed E-state index contributed by atoms with van der Waals surface area (Å²) in [7, 11) is 1.42. The highest BCUT2D eigenvalue weighted by Crippen LogP contribution is 2.32. The van der Waals surface area contributed by atoms with Crippen LogP contribution in [0.4, 0.5) is 18.9 Å². The smallest absolute Gasteiger partial charge is 0.399 e. The average Bonchev–Trinajstić information content (AvgIpc) is 3.40. The molecule has 0 aromatic heterocycles. The van der Waals surface area contributed by atoms with Gasteiger partial charge in [-0.1, -0.05) is 47.6 Å². The molecule has 2 heterocycles. The molecule has 5 rings (SSSR count). The number of rotatable bonds is 5. The molecule has 1 atom stereocenters. The van der Waals surface area contributed by atoms with E-state index < -0.39 is 17.8 Å². The van der Waals surface area contributed by atoms with Crippen molar-refractivity contribution in [1.29, 1.82) is 0 Å². The van der Waals surface area contributed by atoms with E-state index in [2.05, 4.69) is 5.16 Å². The Morgan fingerprint density at radius 1 is 0.927 bits per heavy atom. The van der Waals surface area contributed by atoms with E-state index in [0.29, 0.717) is 43.1 Å². The quantitative estimate of drug-likeness (QED) is 0.398. The molecule has 0 bridgehead atoms. The van der Waals surface area contributed by atoms with Gasteiger partial charge in [-0.15, -0.1) is 0 Å². The van der Waals surface area contributed by atoms with Crippen LogP contribution in [0.1, 0.15) is 27.9 Å². The Bertz CT molecular complexity index is 1450. The average molecular weight is 565 g/mol. The Kier molecular flexibility index (Phi) is 8.01. The number of aryl methyl sites for hydroxylation is 1. The van der Waals surface area contributed by atoms with E-state index in [1.165, 1.54) is 18.1 Å². The van der Waals surface area contributed by atoms with Gasteiger partial charge >= 0.3 is 6.18 Å². The van der Waals surface area contributed by atoms with Gasteiger partial charge in [0.1, 0.15) is 13.2 Å². The largest absolute Gasteiger partial charge is 0.416 e. The van der Waals surface area contributed by atoms with Gasteiger partial charge in [-0.2, -0.15) is 13.2 Å². The van der Waals surface area contributed by atoms with Crippen LogP contribution >= 0.6 is 0 Å². The van der Waals surface area contributed by atoms with Gasteiger partial charge in [0.05, 0.1) is 17.8 Å². The molecule has 0 N–H and O–H groups in total. The molecule has 214 valence electrons. The molecule has 0 aliphatic carbocycles. The molecule has 41 heavy (non-hydrogen) atoms. The molecule has 0 saturated carbocycles. The molecular weight excluding hydrogens is 533 g/mol. The number of carbonyl (C=O) groups excluding carboxylic acids is 2. The van der Waals surface area contributed by atoms with Crippen molar-refractivity contribution in [2.24, 2.45) is 5.16 Å². The molecule has 3 aromatic carbocycles. The number of carbonyl (C=O) groups is 2. The number of oxime groups is 1. The number of benzene rings is 3. The number of alkyl halides is 3. The van der Waals surface area contributed by atoms with Crippen LogP contribution in [-0.4, -0.2) is 73.2 Å². The highest BCUT2D eigenvalue weighted by Gasteiger charge is 2.41. The van der Waals surface area contributed by atoms with Crippen LogP contribution in [0, 0.1) is 6.92 Å². The van der Waals surface area contributed by atoms with Gasteiger partial charge in [0.2, 0.25) is 5.91 Å². The second kappa shape index (κ2) is 11.6. The van der Waals surface area contributed by atoms with Crippen LogP contribution in [0.5, 0.6) is 0 Å². The molecule has 7 nitrogen and oxygen atoms in total. The Labute approximate surface area is 236 Å². The Morgan fingerprint density at radius 2 is 1.63 bits per heavy atom. The summed E-state index contributed by atoms with van der Waals surface area (Å²) >= 11 is 0. The van der Waals surface area contributed by atoms with Crippen molar-refractivity contribution in [3.63, 3.8) is 0 Å². The first-order valence-electron chi connectivity index (χ1n) is 13.4. The summed E-state index contributed by atoms with van der Waals surface area (Å²) in [6.45, 7) is 3.63. The standard InChI is InChI=1S/C31H31F3N4O3/c1-21-6-3-4-9-27(21)22-10-12-23(13-11-22)29(39)38-20-25(35-41-2)19-28(38)30(40)37-16-14-36(15-17-37)26-8-5-7-24(18-26)31(32,33)34/h3-13,18,28H,14-17,19-20H2,1-2H3. The number of nitrogens with zero attached hydrogens (tertiary/aromatic N) is 4. The van der Waals surface area contributed by atoms with E-state index in [1.807, 2.05) is 48.2 Å². The number of likely N-dealkylation sites (tertiary alicyclic amines) is 1. The lowest BCUT2D eigenvalue weighted by Gasteiger charge is -2.38. The van der Waals surface area contributed by atoms with E-state index in [-0.39, 0.29) is 24.8 Å². The van der Waals surface area contributed by atoms with Crippen LogP contribution < -0.4 is 4.90 Å². The van der Waals surface area contributed by atoms with Gasteiger partial charge in [0, 0.05) is 43.9 Å². The lowest BCUT2D eigenvalue weighted by atomic mass is 9.99. The summed E-state index contributed by atoms with van der Waals surface area (Å²) in [6.07, 6.45) is -4.16. The molecule has 2 aliphatic heterocycles. The van der Waals surface area contributed by atoms with Gasteiger partial charge in [-0.05, 0) is 53.9 Å². The molecule has 2 aliphatic rings. The zero-order valence-electron chi connectivity index (χ0n) is 22.9. The van der Waals surface area contributed by atoms with Gasteiger partial charge in [-0.25, -0.2) is 0 Å². The van der Waals surface area contributed by atoms with E-state index in [0.717, 1.165) is 28.8 Å². The van der Waals surface area contributed by atoms with E-state index >= 15 is 0 Å². The Balaban J connectivity index is 1.29. The summed E-state index contributed by atoms with van der Waals surface area (Å²) < 4.78 is 39.5. The monoisotopic (exact) mass is 564 g/mol. The molecule has 2 amide bonds.